The second-order valence-electron chi connectivity index (χ2n) is 1.99. The summed E-state index contributed by atoms with van der Waals surface area (Å²) < 4.78 is 34.2. The monoisotopic (exact) mass is 186 g/mol. The fourth-order valence-corrected chi connectivity index (χ4v) is 1.04. The highest BCUT2D eigenvalue weighted by atomic mass is 32.2. The van der Waals surface area contributed by atoms with Gasteiger partial charge in [-0.25, -0.2) is 0 Å². The highest BCUT2D eigenvalue weighted by Gasteiger charge is 2.08. The molecule has 0 saturated heterocycles. The predicted molar refractivity (Wildman–Crippen MR) is 40.5 cm³/mol. The fourth-order valence-electron chi connectivity index (χ4n) is 0.623. The van der Waals surface area contributed by atoms with Crippen LogP contribution in [0.15, 0.2) is 17.0 Å². The molecule has 0 aliphatic carbocycles. The first-order valence-corrected chi connectivity index (χ1v) is 4.43. The molecule has 1 aromatic rings. The molecule has 0 aliphatic heterocycles. The Morgan fingerprint density at radius 1 is 1.42 bits per heavy atom. The molecule has 0 spiro atoms. The van der Waals surface area contributed by atoms with Gasteiger partial charge in [-0.2, -0.15) is 8.42 Å². The Bertz CT molecular complexity index is 351. The quantitative estimate of drug-likeness (QED) is 0.685. The van der Waals surface area contributed by atoms with E-state index in [2.05, 4.69) is 12.1 Å². The van der Waals surface area contributed by atoms with E-state index in [-0.39, 0.29) is 4.90 Å². The zero-order valence-electron chi connectivity index (χ0n) is 6.23. The number of benzene rings is 1. The lowest BCUT2D eigenvalue weighted by atomic mass is 10.3. The minimum atomic E-state index is -4.17. The Labute approximate surface area is 70.5 Å². The summed E-state index contributed by atoms with van der Waals surface area (Å²) in [5.74, 6) is 0.363. The van der Waals surface area contributed by atoms with Crippen LogP contribution >= 0.6 is 0 Å². The molecule has 2 radical (unpaired) electrons. The molecule has 0 aromatic heterocycles. The third kappa shape index (κ3) is 1.96. The van der Waals surface area contributed by atoms with Crippen molar-refractivity contribution in [2.75, 3.05) is 7.11 Å². The van der Waals surface area contributed by atoms with Gasteiger partial charge in [-0.3, -0.25) is 4.55 Å². The first kappa shape index (κ1) is 9.02. The molecular weight excluding hydrogens is 180 g/mol. The summed E-state index contributed by atoms with van der Waals surface area (Å²) in [7, 11) is -2.75. The molecule has 1 rings (SSSR count). The van der Waals surface area contributed by atoms with Gasteiger partial charge in [-0.05, 0) is 12.1 Å². The van der Waals surface area contributed by atoms with Crippen molar-refractivity contribution in [2.24, 2.45) is 0 Å². The average Bonchev–Trinajstić information content (AvgIpc) is 2.03. The van der Waals surface area contributed by atoms with Crippen LogP contribution in [0.5, 0.6) is 5.75 Å². The van der Waals surface area contributed by atoms with Crippen molar-refractivity contribution in [1.82, 2.24) is 0 Å². The Balaban J connectivity index is 3.09. The van der Waals surface area contributed by atoms with Gasteiger partial charge in [-0.15, -0.1) is 0 Å². The predicted octanol–water partition coefficient (Wildman–Crippen LogP) is 0.542. The van der Waals surface area contributed by atoms with E-state index in [1.807, 2.05) is 0 Å². The van der Waals surface area contributed by atoms with Crippen LogP contribution in [-0.2, 0) is 10.1 Å². The number of ether oxygens (including phenoxy) is 1. The van der Waals surface area contributed by atoms with Gasteiger partial charge in [0, 0.05) is 12.1 Å². The largest absolute Gasteiger partial charge is 0.496 e. The van der Waals surface area contributed by atoms with Gasteiger partial charge in [0.25, 0.3) is 10.1 Å². The Morgan fingerprint density at radius 2 is 2.08 bits per heavy atom. The lowest BCUT2D eigenvalue weighted by Gasteiger charge is -1.98. The van der Waals surface area contributed by atoms with Crippen LogP contribution in [0.1, 0.15) is 0 Å². The first-order valence-electron chi connectivity index (χ1n) is 2.99. The number of rotatable bonds is 2. The van der Waals surface area contributed by atoms with E-state index in [9.17, 15) is 8.42 Å². The molecule has 12 heavy (non-hydrogen) atoms. The lowest BCUT2D eigenvalue weighted by molar-refractivity contribution is 0.413. The summed E-state index contributed by atoms with van der Waals surface area (Å²) in [6.07, 6.45) is 0. The van der Waals surface area contributed by atoms with Crippen molar-refractivity contribution in [3.63, 3.8) is 0 Å². The van der Waals surface area contributed by atoms with Crippen molar-refractivity contribution in [3.8, 4) is 5.75 Å². The molecule has 1 N–H and O–H groups in total. The first-order chi connectivity index (χ1) is 5.54. The van der Waals surface area contributed by atoms with E-state index >= 15 is 0 Å². The van der Waals surface area contributed by atoms with E-state index in [0.29, 0.717) is 5.75 Å². The summed E-state index contributed by atoms with van der Waals surface area (Å²) in [5, 5.41) is 0. The van der Waals surface area contributed by atoms with Crippen molar-refractivity contribution in [1.29, 1.82) is 0 Å². The maximum absolute atomic E-state index is 10.5. The maximum Gasteiger partial charge on any atom is 0.295 e. The van der Waals surface area contributed by atoms with Crippen LogP contribution in [0.2, 0.25) is 0 Å². The lowest BCUT2D eigenvalue weighted by Crippen LogP contribution is -1.97. The van der Waals surface area contributed by atoms with Crippen LogP contribution in [0.25, 0.3) is 0 Å². The standard InChI is InChI=1S/C7H6O4S/c1-11-6-2-4-7(5-3-6)12(8,9)10/h2,5H,1H3,(H,8,9,10). The van der Waals surface area contributed by atoms with Crippen molar-refractivity contribution >= 4 is 10.1 Å². The molecule has 0 unspecified atom stereocenters. The van der Waals surface area contributed by atoms with Gasteiger partial charge in [0.2, 0.25) is 0 Å². The van der Waals surface area contributed by atoms with Crippen LogP contribution in [0.4, 0.5) is 0 Å². The Morgan fingerprint density at radius 3 is 2.42 bits per heavy atom. The van der Waals surface area contributed by atoms with Gasteiger partial charge < -0.3 is 4.74 Å². The van der Waals surface area contributed by atoms with E-state index in [4.69, 9.17) is 9.29 Å². The van der Waals surface area contributed by atoms with Crippen LogP contribution < -0.4 is 4.74 Å². The van der Waals surface area contributed by atoms with Gasteiger partial charge in [0.15, 0.2) is 0 Å². The topological polar surface area (TPSA) is 63.6 Å². The molecule has 0 aliphatic rings. The summed E-state index contributed by atoms with van der Waals surface area (Å²) in [5.41, 5.74) is 0. The van der Waals surface area contributed by atoms with E-state index in [1.54, 1.807) is 0 Å². The second kappa shape index (κ2) is 3.12. The summed E-state index contributed by atoms with van der Waals surface area (Å²) >= 11 is 0. The highest BCUT2D eigenvalue weighted by molar-refractivity contribution is 7.85. The minimum absolute atomic E-state index is 0.316. The molecule has 0 heterocycles. The number of methoxy groups -OCH3 is 1. The number of hydrogen-bond donors (Lipinski definition) is 1. The molecule has 4 nitrogen and oxygen atoms in total. The molecule has 0 atom stereocenters. The minimum Gasteiger partial charge on any atom is -0.496 e. The van der Waals surface area contributed by atoms with Crippen LogP contribution in [0.3, 0.4) is 0 Å². The molecule has 64 valence electrons. The normalized spacial score (nSPS) is 11.2. The second-order valence-corrected chi connectivity index (χ2v) is 3.38. The van der Waals surface area contributed by atoms with Crippen molar-refractivity contribution in [3.05, 3.63) is 24.3 Å². The summed E-state index contributed by atoms with van der Waals surface area (Å²) in [6, 6.07) is 7.21. The third-order valence-electron chi connectivity index (χ3n) is 1.19. The molecule has 1 aromatic carbocycles. The zero-order valence-corrected chi connectivity index (χ0v) is 7.05. The number of hydrogen-bond acceptors (Lipinski definition) is 3. The highest BCUT2D eigenvalue weighted by Crippen LogP contribution is 2.13. The summed E-state index contributed by atoms with van der Waals surface area (Å²) in [6.45, 7) is 0. The fraction of sp³-hybridized carbons (Fsp3) is 0.143. The van der Waals surface area contributed by atoms with Gasteiger partial charge in [0.1, 0.15) is 10.6 Å². The molecule has 0 fully saturated rings. The Kier molecular flexibility index (Phi) is 2.35. The molecule has 0 amide bonds. The zero-order chi connectivity index (χ0) is 9.19. The Hall–Kier alpha value is -1.07. The van der Waals surface area contributed by atoms with E-state index in [0.717, 1.165) is 6.07 Å². The third-order valence-corrected chi connectivity index (χ3v) is 1.98. The smallest absolute Gasteiger partial charge is 0.295 e. The van der Waals surface area contributed by atoms with Gasteiger partial charge in [-0.1, -0.05) is 0 Å². The van der Waals surface area contributed by atoms with Gasteiger partial charge in [0.05, 0.1) is 7.11 Å². The van der Waals surface area contributed by atoms with Crippen LogP contribution in [0, 0.1) is 12.1 Å². The van der Waals surface area contributed by atoms with E-state index < -0.39 is 10.1 Å². The van der Waals surface area contributed by atoms with E-state index in [1.165, 1.54) is 13.2 Å². The molecular formula is C7H6O4S. The van der Waals surface area contributed by atoms with Gasteiger partial charge >= 0.3 is 0 Å². The SMILES string of the molecule is COc1[c]cc(S(=O)(=O)O)[c]c1. The average molecular weight is 186 g/mol. The summed E-state index contributed by atoms with van der Waals surface area (Å²) in [4.78, 5) is -0.316. The van der Waals surface area contributed by atoms with Crippen LogP contribution in [-0.4, -0.2) is 20.1 Å². The molecule has 0 bridgehead atoms. The van der Waals surface area contributed by atoms with Crippen molar-refractivity contribution < 1.29 is 17.7 Å². The molecule has 5 heteroatoms. The van der Waals surface area contributed by atoms with Crippen molar-refractivity contribution in [2.45, 2.75) is 4.90 Å². The molecule has 0 saturated carbocycles. The maximum atomic E-state index is 10.5.